The number of aryl methyl sites for hydroxylation is 1. The Morgan fingerprint density at radius 1 is 1.10 bits per heavy atom. The van der Waals surface area contributed by atoms with E-state index in [9.17, 15) is 0 Å². The number of rotatable bonds is 5. The fourth-order valence-electron chi connectivity index (χ4n) is 2.63. The summed E-state index contributed by atoms with van der Waals surface area (Å²) in [7, 11) is 1.99. The summed E-state index contributed by atoms with van der Waals surface area (Å²) in [4.78, 5) is 2.89. The topological polar surface area (TPSA) is 17.0 Å². The number of nitrogens with zero attached hydrogens (tertiary/aromatic N) is 1. The van der Waals surface area contributed by atoms with E-state index in [0.717, 1.165) is 19.5 Å². The standard InChI is InChI=1S/C17H20N2S/c1-3-14-7-8-15(20-14)12-19-10-9-16-13(11-18-2)5-4-6-17(16)19/h4-10,18H,3,11-12H2,1-2H3. The summed E-state index contributed by atoms with van der Waals surface area (Å²) in [6.07, 6.45) is 3.33. The van der Waals surface area contributed by atoms with Gasteiger partial charge < -0.3 is 9.88 Å². The lowest BCUT2D eigenvalue weighted by Gasteiger charge is -2.06. The van der Waals surface area contributed by atoms with Crippen LogP contribution < -0.4 is 5.32 Å². The van der Waals surface area contributed by atoms with Gasteiger partial charge in [0.15, 0.2) is 0 Å². The number of hydrogen-bond acceptors (Lipinski definition) is 2. The highest BCUT2D eigenvalue weighted by Gasteiger charge is 2.06. The highest BCUT2D eigenvalue weighted by atomic mass is 32.1. The van der Waals surface area contributed by atoms with Crippen molar-refractivity contribution in [3.05, 3.63) is 57.9 Å². The lowest BCUT2D eigenvalue weighted by atomic mass is 10.1. The predicted octanol–water partition coefficient (Wildman–Crippen LogP) is 4.03. The maximum absolute atomic E-state index is 3.24. The van der Waals surface area contributed by atoms with Crippen LogP contribution in [0.25, 0.3) is 10.9 Å². The number of aromatic nitrogens is 1. The summed E-state index contributed by atoms with van der Waals surface area (Å²) in [5.41, 5.74) is 2.69. The van der Waals surface area contributed by atoms with Gasteiger partial charge in [0.1, 0.15) is 0 Å². The summed E-state index contributed by atoms with van der Waals surface area (Å²) < 4.78 is 2.35. The van der Waals surface area contributed by atoms with Gasteiger partial charge in [0.25, 0.3) is 0 Å². The molecule has 0 radical (unpaired) electrons. The average molecular weight is 284 g/mol. The molecule has 0 saturated carbocycles. The molecule has 3 heteroatoms. The second-order valence-electron chi connectivity index (χ2n) is 5.05. The Hall–Kier alpha value is -1.58. The van der Waals surface area contributed by atoms with Crippen molar-refractivity contribution in [2.24, 2.45) is 0 Å². The second kappa shape index (κ2) is 5.81. The molecule has 2 aromatic heterocycles. The summed E-state index contributed by atoms with van der Waals surface area (Å²) in [5, 5.41) is 4.59. The molecule has 0 saturated heterocycles. The Balaban J connectivity index is 1.94. The number of hydrogen-bond donors (Lipinski definition) is 1. The second-order valence-corrected chi connectivity index (χ2v) is 6.30. The van der Waals surface area contributed by atoms with Gasteiger partial charge in [-0.1, -0.05) is 19.1 Å². The monoisotopic (exact) mass is 284 g/mol. The van der Waals surface area contributed by atoms with Crippen LogP contribution in [-0.4, -0.2) is 11.6 Å². The van der Waals surface area contributed by atoms with Gasteiger partial charge in [-0.15, -0.1) is 11.3 Å². The molecular weight excluding hydrogens is 264 g/mol. The van der Waals surface area contributed by atoms with E-state index in [1.807, 2.05) is 18.4 Å². The molecule has 1 N–H and O–H groups in total. The zero-order chi connectivity index (χ0) is 13.9. The van der Waals surface area contributed by atoms with E-state index in [4.69, 9.17) is 0 Å². The van der Waals surface area contributed by atoms with Crippen LogP contribution in [0.2, 0.25) is 0 Å². The van der Waals surface area contributed by atoms with Crippen LogP contribution in [-0.2, 0) is 19.5 Å². The first-order valence-electron chi connectivity index (χ1n) is 7.10. The van der Waals surface area contributed by atoms with Gasteiger partial charge in [0, 0.05) is 33.4 Å². The van der Waals surface area contributed by atoms with Gasteiger partial charge in [-0.05, 0) is 43.3 Å². The summed E-state index contributed by atoms with van der Waals surface area (Å²) in [5.74, 6) is 0. The van der Waals surface area contributed by atoms with E-state index in [-0.39, 0.29) is 0 Å². The Morgan fingerprint density at radius 2 is 1.95 bits per heavy atom. The van der Waals surface area contributed by atoms with E-state index >= 15 is 0 Å². The molecule has 0 aliphatic carbocycles. The van der Waals surface area contributed by atoms with Crippen LogP contribution in [0.5, 0.6) is 0 Å². The molecule has 0 aliphatic rings. The molecule has 0 bridgehead atoms. The first-order chi connectivity index (χ1) is 9.81. The Kier molecular flexibility index (Phi) is 3.90. The highest BCUT2D eigenvalue weighted by Crippen LogP contribution is 2.24. The summed E-state index contributed by atoms with van der Waals surface area (Å²) in [6, 6.07) is 13.3. The fraction of sp³-hybridized carbons (Fsp3) is 0.294. The van der Waals surface area contributed by atoms with Gasteiger partial charge in [-0.25, -0.2) is 0 Å². The van der Waals surface area contributed by atoms with E-state index in [1.54, 1.807) is 0 Å². The van der Waals surface area contributed by atoms with Crippen LogP contribution in [0.3, 0.4) is 0 Å². The number of thiophene rings is 1. The minimum atomic E-state index is 0.917. The molecule has 1 aromatic carbocycles. The molecule has 3 aromatic rings. The third-order valence-electron chi connectivity index (χ3n) is 3.66. The minimum Gasteiger partial charge on any atom is -0.342 e. The third-order valence-corrected chi connectivity index (χ3v) is 4.88. The van der Waals surface area contributed by atoms with E-state index < -0.39 is 0 Å². The minimum absolute atomic E-state index is 0.917. The number of nitrogens with one attached hydrogen (secondary N) is 1. The van der Waals surface area contributed by atoms with E-state index in [0.29, 0.717) is 0 Å². The predicted molar refractivity (Wildman–Crippen MR) is 87.5 cm³/mol. The Morgan fingerprint density at radius 3 is 2.70 bits per heavy atom. The van der Waals surface area contributed by atoms with E-state index in [1.165, 1.54) is 26.2 Å². The van der Waals surface area contributed by atoms with Crippen LogP contribution in [0.4, 0.5) is 0 Å². The molecule has 0 fully saturated rings. The largest absolute Gasteiger partial charge is 0.342 e. The zero-order valence-electron chi connectivity index (χ0n) is 12.0. The molecule has 2 nitrogen and oxygen atoms in total. The van der Waals surface area contributed by atoms with Crippen molar-refractivity contribution in [2.45, 2.75) is 26.4 Å². The van der Waals surface area contributed by atoms with Crippen molar-refractivity contribution in [1.82, 2.24) is 9.88 Å². The van der Waals surface area contributed by atoms with Gasteiger partial charge in [0.05, 0.1) is 6.54 Å². The molecule has 0 aliphatic heterocycles. The molecule has 0 atom stereocenters. The highest BCUT2D eigenvalue weighted by molar-refractivity contribution is 7.11. The fourth-order valence-corrected chi connectivity index (χ4v) is 3.59. The average Bonchev–Trinajstić information content (AvgIpc) is 3.08. The molecule has 20 heavy (non-hydrogen) atoms. The molecule has 3 rings (SSSR count). The van der Waals surface area contributed by atoms with Crippen molar-refractivity contribution in [3.63, 3.8) is 0 Å². The van der Waals surface area contributed by atoms with Crippen LogP contribution >= 0.6 is 11.3 Å². The maximum Gasteiger partial charge on any atom is 0.0569 e. The Labute approximate surface area is 124 Å². The molecule has 104 valence electrons. The molecule has 0 unspecified atom stereocenters. The smallest absolute Gasteiger partial charge is 0.0569 e. The third kappa shape index (κ3) is 2.51. The summed E-state index contributed by atoms with van der Waals surface area (Å²) in [6.45, 7) is 4.10. The van der Waals surface area contributed by atoms with Crippen molar-refractivity contribution in [3.8, 4) is 0 Å². The van der Waals surface area contributed by atoms with Crippen molar-refractivity contribution < 1.29 is 0 Å². The van der Waals surface area contributed by atoms with E-state index in [2.05, 4.69) is 59.4 Å². The Bertz CT molecular complexity index is 709. The molecular formula is C17H20N2S. The van der Waals surface area contributed by atoms with Gasteiger partial charge in [0.2, 0.25) is 0 Å². The number of fused-ring (bicyclic) bond motifs is 1. The zero-order valence-corrected chi connectivity index (χ0v) is 12.8. The van der Waals surface area contributed by atoms with Gasteiger partial charge in [-0.3, -0.25) is 0 Å². The van der Waals surface area contributed by atoms with Crippen LogP contribution in [0.15, 0.2) is 42.6 Å². The van der Waals surface area contributed by atoms with Crippen LogP contribution in [0.1, 0.15) is 22.2 Å². The number of benzene rings is 1. The molecule has 0 spiro atoms. The van der Waals surface area contributed by atoms with Crippen molar-refractivity contribution in [2.75, 3.05) is 7.05 Å². The maximum atomic E-state index is 3.24. The lowest BCUT2D eigenvalue weighted by Crippen LogP contribution is -2.05. The van der Waals surface area contributed by atoms with Gasteiger partial charge >= 0.3 is 0 Å². The first kappa shape index (κ1) is 13.4. The van der Waals surface area contributed by atoms with Crippen molar-refractivity contribution in [1.29, 1.82) is 0 Å². The molecule has 0 amide bonds. The SMILES string of the molecule is CCc1ccc(Cn2ccc3c(CNC)cccc32)s1. The molecule has 2 heterocycles. The first-order valence-corrected chi connectivity index (χ1v) is 7.92. The van der Waals surface area contributed by atoms with Gasteiger partial charge in [-0.2, -0.15) is 0 Å². The normalized spacial score (nSPS) is 11.3. The summed E-state index contributed by atoms with van der Waals surface area (Å²) >= 11 is 1.92. The van der Waals surface area contributed by atoms with Crippen LogP contribution in [0, 0.1) is 0 Å². The lowest BCUT2D eigenvalue weighted by molar-refractivity contribution is 0.822. The van der Waals surface area contributed by atoms with Crippen molar-refractivity contribution >= 4 is 22.2 Å². The quantitative estimate of drug-likeness (QED) is 0.748.